The summed E-state index contributed by atoms with van der Waals surface area (Å²) < 4.78 is 73.6. The van der Waals surface area contributed by atoms with Gasteiger partial charge in [-0.05, 0) is 61.5 Å². The lowest BCUT2D eigenvalue weighted by Gasteiger charge is -2.24. The summed E-state index contributed by atoms with van der Waals surface area (Å²) in [5.41, 5.74) is 1.88. The third-order valence-electron chi connectivity index (χ3n) is 7.22. The standard InChI is InChI=1S/C32H33FN2O10S/c1-19-25-15-26-28(16-27(25)35(46(4,38)39)17-24(43-19)18-42-32(37)41-14-13-40-3)45-30(29(26)31(36)34-2)20-5-9-22(10-6-20)44-23-11-7-21(33)8-12-23/h5-12,15-16,19,24H,13-14,17-18H2,1-4H3,(H,34,36)/t19-,24-/m0/s1. The summed E-state index contributed by atoms with van der Waals surface area (Å²) in [5, 5.41) is 3.09. The van der Waals surface area contributed by atoms with E-state index in [1.165, 1.54) is 42.7 Å². The molecule has 0 bridgehead atoms. The van der Waals surface area contributed by atoms with Gasteiger partial charge < -0.3 is 33.4 Å². The average molecular weight is 657 g/mol. The molecule has 14 heteroatoms. The molecule has 1 N–H and O–H groups in total. The number of carbonyl (C=O) groups is 2. The molecule has 4 aromatic rings. The van der Waals surface area contributed by atoms with Crippen LogP contribution in [0.5, 0.6) is 11.5 Å². The van der Waals surface area contributed by atoms with Crippen LogP contribution in [0.25, 0.3) is 22.3 Å². The summed E-state index contributed by atoms with van der Waals surface area (Å²) >= 11 is 0. The first kappa shape index (κ1) is 32.7. The number of carbonyl (C=O) groups excluding carboxylic acids is 2. The summed E-state index contributed by atoms with van der Waals surface area (Å²) in [4.78, 5) is 25.2. The van der Waals surface area contributed by atoms with Crippen molar-refractivity contribution in [3.8, 4) is 22.8 Å². The van der Waals surface area contributed by atoms with Crippen LogP contribution in [0.4, 0.5) is 14.9 Å². The quantitative estimate of drug-likeness (QED) is 0.174. The van der Waals surface area contributed by atoms with Crippen molar-refractivity contribution in [3.05, 3.63) is 77.6 Å². The van der Waals surface area contributed by atoms with E-state index in [4.69, 9.17) is 28.1 Å². The Morgan fingerprint density at radius 1 is 1.02 bits per heavy atom. The van der Waals surface area contributed by atoms with Crippen molar-refractivity contribution in [1.29, 1.82) is 0 Å². The molecule has 5 rings (SSSR count). The van der Waals surface area contributed by atoms with Crippen LogP contribution in [0, 0.1) is 5.82 Å². The summed E-state index contributed by atoms with van der Waals surface area (Å²) in [6.45, 7) is 1.52. The smallest absolute Gasteiger partial charge is 0.457 e. The second-order valence-electron chi connectivity index (χ2n) is 10.5. The molecule has 0 unspecified atom stereocenters. The molecular formula is C32H33FN2O10S. The van der Waals surface area contributed by atoms with E-state index < -0.39 is 34.3 Å². The minimum absolute atomic E-state index is 0.000807. The number of sulfonamides is 1. The number of hydrogen-bond donors (Lipinski definition) is 1. The highest BCUT2D eigenvalue weighted by Gasteiger charge is 2.34. The van der Waals surface area contributed by atoms with Gasteiger partial charge in [-0.25, -0.2) is 17.6 Å². The number of methoxy groups -OCH3 is 1. The fraction of sp³-hybridized carbons (Fsp3) is 0.312. The molecule has 2 atom stereocenters. The molecule has 1 amide bonds. The Morgan fingerprint density at radius 3 is 2.33 bits per heavy atom. The summed E-state index contributed by atoms with van der Waals surface area (Å²) in [5.74, 6) is 0.405. The molecule has 3 aromatic carbocycles. The molecular weight excluding hydrogens is 623 g/mol. The Bertz CT molecular complexity index is 1820. The highest BCUT2D eigenvalue weighted by molar-refractivity contribution is 7.92. The van der Waals surface area contributed by atoms with E-state index in [-0.39, 0.29) is 49.1 Å². The molecule has 0 aliphatic carbocycles. The molecule has 0 radical (unpaired) electrons. The normalized spacial score (nSPS) is 16.4. The lowest BCUT2D eigenvalue weighted by atomic mass is 10.0. The first-order valence-electron chi connectivity index (χ1n) is 14.3. The van der Waals surface area contributed by atoms with Gasteiger partial charge in [0.05, 0.1) is 36.8 Å². The molecule has 1 aliphatic rings. The van der Waals surface area contributed by atoms with Gasteiger partial charge in [0.2, 0.25) is 10.0 Å². The van der Waals surface area contributed by atoms with E-state index in [0.717, 1.165) is 6.26 Å². The van der Waals surface area contributed by atoms with Crippen LogP contribution in [-0.2, 0) is 29.0 Å². The number of nitrogens with zero attached hydrogens (tertiary/aromatic N) is 1. The maximum atomic E-state index is 13.3. The number of fused-ring (bicyclic) bond motifs is 2. The van der Waals surface area contributed by atoms with Crippen LogP contribution in [0.15, 0.2) is 65.1 Å². The predicted octanol–water partition coefficient (Wildman–Crippen LogP) is 5.42. The maximum absolute atomic E-state index is 13.3. The van der Waals surface area contributed by atoms with E-state index in [1.807, 2.05) is 0 Å². The molecule has 0 saturated heterocycles. The number of amides is 1. The number of nitrogens with one attached hydrogen (secondary N) is 1. The second kappa shape index (κ2) is 13.8. The van der Waals surface area contributed by atoms with Crippen molar-refractivity contribution in [2.45, 2.75) is 19.1 Å². The SMILES string of the molecule is CNC(=O)c1c(-c2ccc(Oc3ccc(F)cc3)cc2)oc2cc3c(cc12)[C@H](C)O[C@H](COC(=O)OCCOC)CN3S(C)(=O)=O. The molecule has 1 aliphatic heterocycles. The van der Waals surface area contributed by atoms with Gasteiger partial charge in [-0.3, -0.25) is 9.10 Å². The Kier molecular flexibility index (Phi) is 9.79. The third kappa shape index (κ3) is 7.25. The van der Waals surface area contributed by atoms with E-state index in [2.05, 4.69) is 5.32 Å². The van der Waals surface area contributed by atoms with Crippen LogP contribution in [0.1, 0.15) is 28.9 Å². The van der Waals surface area contributed by atoms with Gasteiger partial charge in [0.25, 0.3) is 5.91 Å². The fourth-order valence-electron chi connectivity index (χ4n) is 5.06. The first-order chi connectivity index (χ1) is 22.0. The minimum Gasteiger partial charge on any atom is -0.457 e. The zero-order valence-corrected chi connectivity index (χ0v) is 26.4. The molecule has 0 fully saturated rings. The second-order valence-corrected chi connectivity index (χ2v) is 12.4. The minimum atomic E-state index is -3.84. The Balaban J connectivity index is 1.49. The number of halogens is 1. The van der Waals surface area contributed by atoms with E-state index in [9.17, 15) is 22.4 Å². The Hall–Kier alpha value is -4.66. The van der Waals surface area contributed by atoms with Crippen molar-refractivity contribution >= 4 is 38.7 Å². The van der Waals surface area contributed by atoms with Gasteiger partial charge in [-0.15, -0.1) is 0 Å². The van der Waals surface area contributed by atoms with Crippen LogP contribution in [-0.4, -0.2) is 73.4 Å². The number of rotatable bonds is 10. The molecule has 46 heavy (non-hydrogen) atoms. The maximum Gasteiger partial charge on any atom is 0.508 e. The molecule has 2 heterocycles. The Labute approximate surface area is 265 Å². The van der Waals surface area contributed by atoms with Crippen molar-refractivity contribution < 1.29 is 50.5 Å². The highest BCUT2D eigenvalue weighted by Crippen LogP contribution is 2.42. The zero-order chi connectivity index (χ0) is 33.0. The summed E-state index contributed by atoms with van der Waals surface area (Å²) in [6, 6.07) is 15.7. The van der Waals surface area contributed by atoms with E-state index in [1.54, 1.807) is 43.3 Å². The van der Waals surface area contributed by atoms with E-state index in [0.29, 0.717) is 33.7 Å². The summed E-state index contributed by atoms with van der Waals surface area (Å²) in [6.07, 6.45) is -1.37. The average Bonchev–Trinajstić information content (AvgIpc) is 3.33. The summed E-state index contributed by atoms with van der Waals surface area (Å²) in [7, 11) is -0.882. The van der Waals surface area contributed by atoms with Gasteiger partial charge in [0.15, 0.2) is 0 Å². The molecule has 1 aromatic heterocycles. The molecule has 0 spiro atoms. The number of anilines is 1. The number of ether oxygens (including phenoxy) is 5. The first-order valence-corrected chi connectivity index (χ1v) is 16.1. The van der Waals surface area contributed by atoms with Crippen molar-refractivity contribution in [1.82, 2.24) is 5.32 Å². The van der Waals surface area contributed by atoms with Gasteiger partial charge in [-0.2, -0.15) is 0 Å². The lowest BCUT2D eigenvalue weighted by molar-refractivity contribution is -0.0423. The van der Waals surface area contributed by atoms with Crippen molar-refractivity contribution in [2.75, 3.05) is 51.1 Å². The lowest BCUT2D eigenvalue weighted by Crippen LogP contribution is -2.39. The van der Waals surface area contributed by atoms with Gasteiger partial charge in [0, 0.05) is 36.7 Å². The van der Waals surface area contributed by atoms with Crippen molar-refractivity contribution in [3.63, 3.8) is 0 Å². The molecule has 0 saturated carbocycles. The highest BCUT2D eigenvalue weighted by atomic mass is 32.2. The number of benzene rings is 3. The Morgan fingerprint density at radius 2 is 1.70 bits per heavy atom. The van der Waals surface area contributed by atoms with Crippen LogP contribution >= 0.6 is 0 Å². The predicted molar refractivity (Wildman–Crippen MR) is 166 cm³/mol. The number of hydrogen-bond acceptors (Lipinski definition) is 10. The topological polar surface area (TPSA) is 143 Å². The zero-order valence-electron chi connectivity index (χ0n) is 25.6. The molecule has 244 valence electrons. The third-order valence-corrected chi connectivity index (χ3v) is 8.37. The van der Waals surface area contributed by atoms with Crippen LogP contribution in [0.3, 0.4) is 0 Å². The van der Waals surface area contributed by atoms with Crippen LogP contribution < -0.4 is 14.4 Å². The van der Waals surface area contributed by atoms with E-state index >= 15 is 0 Å². The van der Waals surface area contributed by atoms with Gasteiger partial charge in [-0.1, -0.05) is 0 Å². The van der Waals surface area contributed by atoms with Gasteiger partial charge >= 0.3 is 6.16 Å². The van der Waals surface area contributed by atoms with Crippen LogP contribution in [0.2, 0.25) is 0 Å². The largest absolute Gasteiger partial charge is 0.508 e. The van der Waals surface area contributed by atoms with Gasteiger partial charge in [0.1, 0.15) is 48.0 Å². The molecule has 12 nitrogen and oxygen atoms in total. The number of furan rings is 1. The monoisotopic (exact) mass is 656 g/mol. The fourth-order valence-corrected chi connectivity index (χ4v) is 6.02. The van der Waals surface area contributed by atoms with Crippen molar-refractivity contribution in [2.24, 2.45) is 0 Å².